The first-order chi connectivity index (χ1) is 12.1. The number of rotatable bonds is 7. The minimum absolute atomic E-state index is 0.0115. The first kappa shape index (κ1) is 20.5. The van der Waals surface area contributed by atoms with Gasteiger partial charge < -0.3 is 24.5 Å². The zero-order valence-electron chi connectivity index (χ0n) is 16.4. The maximum Gasteiger partial charge on any atom is 0.491 e. The molecule has 7 heteroatoms. The summed E-state index contributed by atoms with van der Waals surface area (Å²) in [5.74, 6) is 0.267. The molecule has 2 rings (SSSR count). The first-order valence-electron chi connectivity index (χ1n) is 8.81. The number of aldehydes is 1. The number of hydrogen-bond donors (Lipinski definition) is 2. The highest BCUT2D eigenvalue weighted by Crippen LogP contribution is 2.39. The normalized spacial score (nSPS) is 18.8. The summed E-state index contributed by atoms with van der Waals surface area (Å²) in [6.07, 6.45) is 2.51. The standard InChI is InChI=1S/C19H28BNO5/c1-7-24-16-9-13(12-22)8-14(17(16)23)10-15(11-21-6)20-25-18(2,3)19(4,5)26-20/h8-10,12,21,23H,7,11H2,1-6H3. The number of phenols is 1. The van der Waals surface area contributed by atoms with Gasteiger partial charge in [0.1, 0.15) is 6.29 Å². The van der Waals surface area contributed by atoms with Gasteiger partial charge in [-0.25, -0.2) is 0 Å². The molecule has 1 heterocycles. The van der Waals surface area contributed by atoms with E-state index in [1.165, 1.54) is 6.07 Å². The van der Waals surface area contributed by atoms with Gasteiger partial charge in [-0.3, -0.25) is 4.79 Å². The molecule has 0 amide bonds. The molecule has 26 heavy (non-hydrogen) atoms. The van der Waals surface area contributed by atoms with Crippen molar-refractivity contribution in [3.05, 3.63) is 28.7 Å². The van der Waals surface area contributed by atoms with Crippen LogP contribution in [0.4, 0.5) is 0 Å². The zero-order chi connectivity index (χ0) is 19.5. The van der Waals surface area contributed by atoms with E-state index in [-0.39, 0.29) is 11.5 Å². The number of phenolic OH excluding ortho intramolecular Hbond substituents is 1. The van der Waals surface area contributed by atoms with Gasteiger partial charge in [0.15, 0.2) is 11.5 Å². The Kier molecular flexibility index (Phi) is 6.16. The van der Waals surface area contributed by atoms with E-state index < -0.39 is 18.3 Å². The van der Waals surface area contributed by atoms with Crippen LogP contribution in [-0.2, 0) is 9.31 Å². The molecule has 0 aliphatic carbocycles. The topological polar surface area (TPSA) is 77.0 Å². The molecule has 1 aliphatic heterocycles. The molecule has 1 aromatic rings. The van der Waals surface area contributed by atoms with Crippen LogP contribution < -0.4 is 10.1 Å². The third-order valence-corrected chi connectivity index (χ3v) is 4.84. The van der Waals surface area contributed by atoms with Crippen molar-refractivity contribution in [3.8, 4) is 11.5 Å². The third kappa shape index (κ3) is 4.11. The van der Waals surface area contributed by atoms with Crippen molar-refractivity contribution in [1.82, 2.24) is 5.32 Å². The second kappa shape index (κ2) is 7.82. The highest BCUT2D eigenvalue weighted by atomic mass is 16.7. The molecule has 2 N–H and O–H groups in total. The molecule has 6 nitrogen and oxygen atoms in total. The Morgan fingerprint density at radius 2 is 1.88 bits per heavy atom. The molecular formula is C19H28BNO5. The van der Waals surface area contributed by atoms with Crippen molar-refractivity contribution >= 4 is 19.5 Å². The molecule has 0 unspecified atom stereocenters. The number of likely N-dealkylation sites (N-methyl/N-ethyl adjacent to an activating group) is 1. The van der Waals surface area contributed by atoms with E-state index >= 15 is 0 Å². The second-order valence-corrected chi connectivity index (χ2v) is 7.35. The Bertz CT molecular complexity index is 683. The minimum atomic E-state index is -0.553. The predicted molar refractivity (Wildman–Crippen MR) is 103 cm³/mol. The van der Waals surface area contributed by atoms with Crippen molar-refractivity contribution in [2.75, 3.05) is 20.2 Å². The smallest absolute Gasteiger partial charge is 0.491 e. The Morgan fingerprint density at radius 3 is 2.38 bits per heavy atom. The number of hydrogen-bond acceptors (Lipinski definition) is 6. The zero-order valence-corrected chi connectivity index (χ0v) is 16.4. The summed E-state index contributed by atoms with van der Waals surface area (Å²) in [7, 11) is 1.27. The summed E-state index contributed by atoms with van der Waals surface area (Å²) in [6.45, 7) is 10.7. The summed E-state index contributed by atoms with van der Waals surface area (Å²) in [5, 5.41) is 13.6. The van der Waals surface area contributed by atoms with Crippen LogP contribution in [0.1, 0.15) is 50.5 Å². The maximum absolute atomic E-state index is 11.2. The van der Waals surface area contributed by atoms with Gasteiger partial charge in [-0.15, -0.1) is 0 Å². The molecule has 0 saturated carbocycles. The average Bonchev–Trinajstić information content (AvgIpc) is 2.78. The van der Waals surface area contributed by atoms with Crippen molar-refractivity contribution < 1.29 is 23.9 Å². The number of aromatic hydroxyl groups is 1. The van der Waals surface area contributed by atoms with Crippen LogP contribution in [-0.4, -0.2) is 49.9 Å². The lowest BCUT2D eigenvalue weighted by Gasteiger charge is -2.32. The Morgan fingerprint density at radius 1 is 1.27 bits per heavy atom. The predicted octanol–water partition coefficient (Wildman–Crippen LogP) is 2.84. The molecule has 0 spiro atoms. The highest BCUT2D eigenvalue weighted by Gasteiger charge is 2.52. The summed E-state index contributed by atoms with van der Waals surface area (Å²) < 4.78 is 17.7. The molecular weight excluding hydrogens is 333 g/mol. The monoisotopic (exact) mass is 361 g/mol. The van der Waals surface area contributed by atoms with Crippen LogP contribution in [0.3, 0.4) is 0 Å². The number of ether oxygens (including phenoxy) is 1. The second-order valence-electron chi connectivity index (χ2n) is 7.35. The molecule has 1 fully saturated rings. The lowest BCUT2D eigenvalue weighted by Crippen LogP contribution is -2.41. The number of nitrogens with one attached hydrogen (secondary N) is 1. The van der Waals surface area contributed by atoms with Crippen LogP contribution in [0, 0.1) is 0 Å². The van der Waals surface area contributed by atoms with Gasteiger partial charge >= 0.3 is 7.12 Å². The molecule has 142 valence electrons. The summed E-state index contributed by atoms with van der Waals surface area (Å²) in [6, 6.07) is 3.14. The number of carbonyl (C=O) groups excluding carboxylic acids is 1. The quantitative estimate of drug-likeness (QED) is 0.575. The fraction of sp³-hybridized carbons (Fsp3) is 0.526. The number of carbonyl (C=O) groups is 1. The maximum atomic E-state index is 11.2. The Labute approximate surface area is 155 Å². The fourth-order valence-corrected chi connectivity index (χ4v) is 2.70. The fourth-order valence-electron chi connectivity index (χ4n) is 2.70. The van der Waals surface area contributed by atoms with Gasteiger partial charge in [-0.1, -0.05) is 6.08 Å². The van der Waals surface area contributed by atoms with E-state index in [0.717, 1.165) is 11.8 Å². The van der Waals surface area contributed by atoms with Crippen LogP contribution in [0.15, 0.2) is 17.6 Å². The van der Waals surface area contributed by atoms with Gasteiger partial charge in [0.25, 0.3) is 0 Å². The van der Waals surface area contributed by atoms with Crippen LogP contribution >= 0.6 is 0 Å². The summed E-state index contributed by atoms with van der Waals surface area (Å²) in [4.78, 5) is 11.2. The SMILES string of the molecule is CCOc1cc(C=O)cc(C=C(CNC)B2OC(C)(C)C(C)(C)O2)c1O. The molecule has 0 atom stereocenters. The van der Waals surface area contributed by atoms with Crippen molar-refractivity contribution in [2.45, 2.75) is 45.8 Å². The molecule has 0 aromatic heterocycles. The largest absolute Gasteiger partial charge is 0.504 e. The lowest BCUT2D eigenvalue weighted by atomic mass is 9.77. The summed E-state index contributed by atoms with van der Waals surface area (Å²) in [5.41, 5.74) is 0.793. The van der Waals surface area contributed by atoms with Crippen molar-refractivity contribution in [1.29, 1.82) is 0 Å². The van der Waals surface area contributed by atoms with Gasteiger partial charge in [-0.05, 0) is 59.3 Å². The van der Waals surface area contributed by atoms with E-state index in [4.69, 9.17) is 14.0 Å². The third-order valence-electron chi connectivity index (χ3n) is 4.84. The van der Waals surface area contributed by atoms with Gasteiger partial charge in [-0.2, -0.15) is 0 Å². The van der Waals surface area contributed by atoms with Gasteiger partial charge in [0, 0.05) is 17.7 Å². The number of benzene rings is 1. The lowest BCUT2D eigenvalue weighted by molar-refractivity contribution is 0.00578. The molecule has 1 saturated heterocycles. The minimum Gasteiger partial charge on any atom is -0.504 e. The van der Waals surface area contributed by atoms with E-state index in [9.17, 15) is 9.90 Å². The molecule has 1 aliphatic rings. The van der Waals surface area contributed by atoms with E-state index in [1.807, 2.05) is 41.7 Å². The van der Waals surface area contributed by atoms with Crippen molar-refractivity contribution in [3.63, 3.8) is 0 Å². The van der Waals surface area contributed by atoms with E-state index in [0.29, 0.717) is 24.3 Å². The average molecular weight is 361 g/mol. The van der Waals surface area contributed by atoms with Crippen LogP contribution in [0.5, 0.6) is 11.5 Å². The Hall–Kier alpha value is -1.83. The van der Waals surface area contributed by atoms with E-state index in [1.54, 1.807) is 12.1 Å². The molecule has 0 bridgehead atoms. The highest BCUT2D eigenvalue weighted by molar-refractivity contribution is 6.56. The van der Waals surface area contributed by atoms with Crippen molar-refractivity contribution in [2.24, 2.45) is 0 Å². The van der Waals surface area contributed by atoms with Crippen LogP contribution in [0.25, 0.3) is 6.08 Å². The van der Waals surface area contributed by atoms with Gasteiger partial charge in [0.2, 0.25) is 0 Å². The van der Waals surface area contributed by atoms with Gasteiger partial charge in [0.05, 0.1) is 17.8 Å². The summed E-state index contributed by atoms with van der Waals surface area (Å²) >= 11 is 0. The first-order valence-corrected chi connectivity index (χ1v) is 8.81. The molecule has 0 radical (unpaired) electrons. The Balaban J connectivity index is 2.46. The van der Waals surface area contributed by atoms with Crippen LogP contribution in [0.2, 0.25) is 0 Å². The molecule has 1 aromatic carbocycles. The van der Waals surface area contributed by atoms with E-state index in [2.05, 4.69) is 5.32 Å².